The van der Waals surface area contributed by atoms with Crippen molar-refractivity contribution in [2.45, 2.75) is 18.9 Å². The van der Waals surface area contributed by atoms with Gasteiger partial charge in [0.2, 0.25) is 11.3 Å². The molecule has 1 aliphatic rings. The molecule has 4 heterocycles. The number of carboxylic acid groups (broad SMARTS) is 1. The Hall–Kier alpha value is -4.54. The Kier molecular flexibility index (Phi) is 5.73. The number of aromatic nitrogens is 4. The van der Waals surface area contributed by atoms with E-state index in [4.69, 9.17) is 4.74 Å². The number of nitrogens with one attached hydrogen (secondary N) is 1. The van der Waals surface area contributed by atoms with Crippen molar-refractivity contribution in [3.05, 3.63) is 87.1 Å². The summed E-state index contributed by atoms with van der Waals surface area (Å²) in [6.07, 6.45) is 6.67. The van der Waals surface area contributed by atoms with Crippen LogP contribution in [0.3, 0.4) is 0 Å². The molecule has 0 saturated carbocycles. The first kappa shape index (κ1) is 22.3. The van der Waals surface area contributed by atoms with Gasteiger partial charge in [-0.1, -0.05) is 6.07 Å². The van der Waals surface area contributed by atoms with Crippen molar-refractivity contribution in [3.8, 4) is 11.7 Å². The number of hydrogen-bond acceptors (Lipinski definition) is 7. The second-order valence-electron chi connectivity index (χ2n) is 8.11. The minimum Gasteiger partial charge on any atom is -0.477 e. The van der Waals surface area contributed by atoms with Gasteiger partial charge in [0.15, 0.2) is 5.82 Å². The zero-order valence-electron chi connectivity index (χ0n) is 18.3. The molecule has 0 spiro atoms. The van der Waals surface area contributed by atoms with Crippen LogP contribution in [0.15, 0.2) is 64.7 Å². The Bertz CT molecular complexity index is 1520. The van der Waals surface area contributed by atoms with E-state index >= 15 is 4.39 Å². The van der Waals surface area contributed by atoms with Crippen molar-refractivity contribution in [2.75, 3.05) is 18.1 Å². The van der Waals surface area contributed by atoms with Gasteiger partial charge in [0.05, 0.1) is 28.8 Å². The first-order valence-corrected chi connectivity index (χ1v) is 10.9. The monoisotopic (exact) mass is 477 g/mol. The Balaban J connectivity index is 1.61. The number of benzene rings is 1. The van der Waals surface area contributed by atoms with Crippen LogP contribution in [-0.4, -0.2) is 49.8 Å². The zero-order valence-corrected chi connectivity index (χ0v) is 18.3. The zero-order chi connectivity index (χ0) is 24.5. The van der Waals surface area contributed by atoms with E-state index in [2.05, 4.69) is 15.0 Å². The van der Waals surface area contributed by atoms with Crippen molar-refractivity contribution in [3.63, 3.8) is 0 Å². The number of halogens is 1. The Morgan fingerprint density at radius 1 is 1.26 bits per heavy atom. The van der Waals surface area contributed by atoms with Gasteiger partial charge in [-0.25, -0.2) is 19.2 Å². The molecule has 0 unspecified atom stereocenters. The number of nitrogens with zero attached hydrogens (tertiary/aromatic N) is 4. The molecule has 3 aromatic heterocycles. The summed E-state index contributed by atoms with van der Waals surface area (Å²) >= 11 is 0. The van der Waals surface area contributed by atoms with Crippen molar-refractivity contribution in [1.29, 1.82) is 0 Å². The van der Waals surface area contributed by atoms with Crippen LogP contribution in [0.25, 0.3) is 16.7 Å². The molecule has 1 aromatic carbocycles. The fourth-order valence-corrected chi connectivity index (χ4v) is 4.30. The molecule has 0 bridgehead atoms. The Labute approximate surface area is 197 Å². The van der Waals surface area contributed by atoms with Crippen molar-refractivity contribution >= 4 is 22.6 Å². The molecular formula is C24H20FN5O5. The summed E-state index contributed by atoms with van der Waals surface area (Å²) in [5.41, 5.74) is -1.29. The number of carbonyl (C=O) groups is 1. The maximum absolute atomic E-state index is 15.4. The molecule has 2 N–H and O–H groups in total. The minimum atomic E-state index is -1.45. The lowest BCUT2D eigenvalue weighted by Gasteiger charge is -2.27. The summed E-state index contributed by atoms with van der Waals surface area (Å²) in [5.74, 6) is -1.46. The van der Waals surface area contributed by atoms with E-state index in [0.717, 1.165) is 31.3 Å². The van der Waals surface area contributed by atoms with E-state index in [1.54, 1.807) is 18.3 Å². The molecule has 1 saturated heterocycles. The highest BCUT2D eigenvalue weighted by Crippen LogP contribution is 2.32. The van der Waals surface area contributed by atoms with Gasteiger partial charge in [0.25, 0.3) is 5.56 Å². The summed E-state index contributed by atoms with van der Waals surface area (Å²) < 4.78 is 22.5. The quantitative estimate of drug-likeness (QED) is 0.433. The van der Waals surface area contributed by atoms with Crippen LogP contribution in [0.2, 0.25) is 0 Å². The van der Waals surface area contributed by atoms with Gasteiger partial charge in [-0.2, -0.15) is 0 Å². The highest BCUT2D eigenvalue weighted by atomic mass is 19.1. The van der Waals surface area contributed by atoms with Crippen LogP contribution in [0.4, 0.5) is 10.1 Å². The van der Waals surface area contributed by atoms with Gasteiger partial charge >= 0.3 is 5.97 Å². The summed E-state index contributed by atoms with van der Waals surface area (Å²) in [7, 11) is 0. The topological polar surface area (TPSA) is 130 Å². The maximum atomic E-state index is 15.4. The van der Waals surface area contributed by atoms with E-state index in [0.29, 0.717) is 19.0 Å². The molecule has 0 radical (unpaired) electrons. The smallest absolute Gasteiger partial charge is 0.341 e. The fraction of sp³-hybridized carbons (Fsp3) is 0.208. The van der Waals surface area contributed by atoms with Gasteiger partial charge in [0, 0.05) is 31.2 Å². The summed E-state index contributed by atoms with van der Waals surface area (Å²) in [6.45, 7) is 0.869. The number of fused-ring (bicyclic) bond motifs is 1. The molecule has 0 amide bonds. The minimum absolute atomic E-state index is 0.111. The van der Waals surface area contributed by atoms with Crippen LogP contribution in [0.1, 0.15) is 23.2 Å². The molecule has 1 aliphatic heterocycles. The average molecular weight is 477 g/mol. The predicted octanol–water partition coefficient (Wildman–Crippen LogP) is 2.35. The van der Waals surface area contributed by atoms with E-state index in [1.807, 2.05) is 11.0 Å². The second kappa shape index (κ2) is 9.01. The fourth-order valence-electron chi connectivity index (χ4n) is 4.30. The number of H-pyrrole nitrogens is 1. The number of carboxylic acids is 1. The highest BCUT2D eigenvalue weighted by Gasteiger charge is 2.29. The van der Waals surface area contributed by atoms with Gasteiger partial charge in [0.1, 0.15) is 18.0 Å². The van der Waals surface area contributed by atoms with Crippen LogP contribution >= 0.6 is 0 Å². The molecular weight excluding hydrogens is 457 g/mol. The molecule has 11 heteroatoms. The number of rotatable bonds is 6. The van der Waals surface area contributed by atoms with Crippen molar-refractivity contribution in [1.82, 2.24) is 19.5 Å². The van der Waals surface area contributed by atoms with Crippen molar-refractivity contribution < 1.29 is 19.0 Å². The number of ether oxygens (including phenoxy) is 1. The summed E-state index contributed by atoms with van der Waals surface area (Å²) in [6, 6.07) is 7.76. The lowest BCUT2D eigenvalue weighted by molar-refractivity contribution is 0.0695. The first-order valence-electron chi connectivity index (χ1n) is 10.9. The average Bonchev–Trinajstić information content (AvgIpc) is 3.32. The first-order chi connectivity index (χ1) is 16.9. The molecule has 5 rings (SSSR count). The maximum Gasteiger partial charge on any atom is 0.341 e. The normalized spacial score (nSPS) is 15.5. The lowest BCUT2D eigenvalue weighted by Crippen LogP contribution is -2.35. The van der Waals surface area contributed by atoms with Crippen molar-refractivity contribution in [2.24, 2.45) is 0 Å². The molecule has 35 heavy (non-hydrogen) atoms. The number of aromatic carboxylic acids is 1. The largest absolute Gasteiger partial charge is 0.477 e. The van der Waals surface area contributed by atoms with Gasteiger partial charge in [-0.3, -0.25) is 14.2 Å². The van der Waals surface area contributed by atoms with E-state index < -0.39 is 28.3 Å². The predicted molar refractivity (Wildman–Crippen MR) is 125 cm³/mol. The van der Waals surface area contributed by atoms with E-state index in [9.17, 15) is 19.5 Å². The number of hydrogen-bond donors (Lipinski definition) is 2. The third-order valence-electron chi connectivity index (χ3n) is 5.95. The van der Waals surface area contributed by atoms with Gasteiger partial charge in [-0.05, 0) is 31.0 Å². The number of pyridine rings is 2. The van der Waals surface area contributed by atoms with Crippen LogP contribution < -0.4 is 20.6 Å². The highest BCUT2D eigenvalue weighted by molar-refractivity contribution is 5.94. The van der Waals surface area contributed by atoms with Gasteiger partial charge in [-0.15, -0.1) is 0 Å². The summed E-state index contributed by atoms with van der Waals surface area (Å²) in [5, 5.41) is 9.40. The molecule has 10 nitrogen and oxygen atoms in total. The summed E-state index contributed by atoms with van der Waals surface area (Å²) in [4.78, 5) is 48.5. The third-order valence-corrected chi connectivity index (χ3v) is 5.95. The molecule has 0 aliphatic carbocycles. The van der Waals surface area contributed by atoms with Gasteiger partial charge < -0.3 is 19.7 Å². The van der Waals surface area contributed by atoms with Crippen LogP contribution in [0.5, 0.6) is 5.88 Å². The third kappa shape index (κ3) is 4.23. The molecule has 1 atom stereocenters. The SMILES string of the molecule is O=C(O)c1cn(-c2c[nH]c(=O)cn2)c2cc(N3CCC[C@@H]3COc3ccccn3)c(F)cc2c1=O. The second-order valence-corrected chi connectivity index (χ2v) is 8.11. The molecule has 4 aromatic rings. The van der Waals surface area contributed by atoms with Crippen LogP contribution in [-0.2, 0) is 0 Å². The Morgan fingerprint density at radius 2 is 2.11 bits per heavy atom. The molecule has 178 valence electrons. The number of anilines is 1. The Morgan fingerprint density at radius 3 is 2.83 bits per heavy atom. The van der Waals surface area contributed by atoms with E-state index in [1.165, 1.54) is 16.8 Å². The van der Waals surface area contributed by atoms with E-state index in [-0.39, 0.29) is 28.5 Å². The number of aromatic amines is 1. The van der Waals surface area contributed by atoms with Crippen LogP contribution in [0, 0.1) is 5.82 Å². The molecule has 1 fully saturated rings. The lowest BCUT2D eigenvalue weighted by atomic mass is 10.1. The standard InChI is InChI=1S/C24H20FN5O5/c25-17-8-15-18(30(12-16(23(15)32)24(33)34)20-10-28-21(31)11-27-20)9-19(17)29-7-3-4-14(29)13-35-22-5-1-2-6-26-22/h1-2,5-6,8-12,14H,3-4,7,13H2,(H,28,31)(H,33,34)/t14-/m1/s1.